The Balaban J connectivity index is 3.88. The van der Waals surface area contributed by atoms with E-state index in [9.17, 15) is 24.9 Å². The SMILES string of the molecule is CC/C=C\C[C@H](O)/C=C/C=C\C/C=C\C=C\[C@H](O)/C=C\CCCC(=O)O[C@@H](CO)COC(=O)CCCCCCCCCCCCCC(C)C. The molecule has 0 saturated carbocycles. The third-order valence-electron chi connectivity index (χ3n) is 7.87. The number of aliphatic hydroxyl groups is 3. The molecule has 0 spiro atoms. The highest BCUT2D eigenvalue weighted by Crippen LogP contribution is 2.14. The van der Waals surface area contributed by atoms with E-state index >= 15 is 0 Å². The van der Waals surface area contributed by atoms with Crippen molar-refractivity contribution in [1.82, 2.24) is 0 Å². The molecule has 0 aromatic heterocycles. The normalized spacial score (nSPS) is 14.4. The van der Waals surface area contributed by atoms with Gasteiger partial charge in [-0.1, -0.05) is 164 Å². The molecule has 0 aromatic carbocycles. The standard InChI is InChI=1S/C42H70O7/c1-4-5-21-29-38(44)30-23-17-13-11-14-18-24-31-39(45)32-25-20-27-34-42(47)49-40(35-43)36-48-41(46)33-26-19-15-10-8-6-7-9-12-16-22-28-37(2)3/h5,13-14,17-18,21,23-25,30-32,37-40,43-45H,4,6-12,15-16,19-20,22,26-29,33-36H2,1-3H3/b17-13-,18-14-,21-5-,30-23+,31-24+,32-25-/t38-,39-,40-/m0/s1. The van der Waals surface area contributed by atoms with Gasteiger partial charge in [0.2, 0.25) is 0 Å². The van der Waals surface area contributed by atoms with Crippen LogP contribution in [0, 0.1) is 5.92 Å². The number of carbonyl (C=O) groups excluding carboxylic acids is 2. The molecule has 0 aromatic rings. The summed E-state index contributed by atoms with van der Waals surface area (Å²) in [5.74, 6) is 0.0395. The first-order chi connectivity index (χ1) is 23.8. The molecule has 3 N–H and O–H groups in total. The Hall–Kier alpha value is -2.74. The number of carbonyl (C=O) groups is 2. The summed E-state index contributed by atoms with van der Waals surface area (Å²) in [4.78, 5) is 24.2. The molecule has 0 radical (unpaired) electrons. The first-order valence-corrected chi connectivity index (χ1v) is 19.1. The molecule has 0 aliphatic heterocycles. The van der Waals surface area contributed by atoms with E-state index in [4.69, 9.17) is 9.47 Å². The van der Waals surface area contributed by atoms with E-state index in [-0.39, 0.29) is 19.0 Å². The van der Waals surface area contributed by atoms with Crippen LogP contribution in [0.2, 0.25) is 0 Å². The number of hydrogen-bond donors (Lipinski definition) is 3. The molecule has 0 heterocycles. The van der Waals surface area contributed by atoms with Crippen molar-refractivity contribution in [3.8, 4) is 0 Å². The summed E-state index contributed by atoms with van der Waals surface area (Å²) in [5.41, 5.74) is 0. The highest BCUT2D eigenvalue weighted by molar-refractivity contribution is 5.70. The zero-order chi connectivity index (χ0) is 36.2. The Labute approximate surface area is 298 Å². The van der Waals surface area contributed by atoms with Gasteiger partial charge < -0.3 is 24.8 Å². The molecule has 0 aliphatic carbocycles. The van der Waals surface area contributed by atoms with Crippen molar-refractivity contribution in [2.45, 2.75) is 161 Å². The molecule has 0 rings (SSSR count). The fourth-order valence-corrected chi connectivity index (χ4v) is 4.95. The summed E-state index contributed by atoms with van der Waals surface area (Å²) < 4.78 is 10.5. The van der Waals surface area contributed by atoms with E-state index in [0.29, 0.717) is 25.7 Å². The molecule has 0 fully saturated rings. The average Bonchev–Trinajstić information content (AvgIpc) is 3.07. The van der Waals surface area contributed by atoms with Crippen LogP contribution < -0.4 is 0 Å². The predicted octanol–water partition coefficient (Wildman–Crippen LogP) is 9.58. The van der Waals surface area contributed by atoms with E-state index in [2.05, 4.69) is 20.8 Å². The van der Waals surface area contributed by atoms with Gasteiger partial charge in [-0.15, -0.1) is 0 Å². The average molecular weight is 687 g/mol. The lowest BCUT2D eigenvalue weighted by Crippen LogP contribution is -2.28. The van der Waals surface area contributed by atoms with Crippen LogP contribution in [-0.4, -0.2) is 58.8 Å². The second-order valence-corrected chi connectivity index (χ2v) is 13.2. The highest BCUT2D eigenvalue weighted by atomic mass is 16.6. The van der Waals surface area contributed by atoms with Gasteiger partial charge in [-0.3, -0.25) is 9.59 Å². The van der Waals surface area contributed by atoms with Crippen molar-refractivity contribution in [2.75, 3.05) is 13.2 Å². The lowest BCUT2D eigenvalue weighted by atomic mass is 10.0. The van der Waals surface area contributed by atoms with Crippen LogP contribution in [0.5, 0.6) is 0 Å². The van der Waals surface area contributed by atoms with Gasteiger partial charge in [0.25, 0.3) is 0 Å². The molecular weight excluding hydrogens is 616 g/mol. The van der Waals surface area contributed by atoms with Gasteiger partial charge in [-0.2, -0.15) is 0 Å². The second-order valence-electron chi connectivity index (χ2n) is 13.2. The predicted molar refractivity (Wildman–Crippen MR) is 203 cm³/mol. The van der Waals surface area contributed by atoms with Crippen LogP contribution in [0.3, 0.4) is 0 Å². The van der Waals surface area contributed by atoms with Crippen molar-refractivity contribution < 1.29 is 34.4 Å². The molecule has 0 saturated heterocycles. The number of esters is 2. The second kappa shape index (κ2) is 35.1. The Morgan fingerprint density at radius 2 is 1.24 bits per heavy atom. The third-order valence-corrected chi connectivity index (χ3v) is 7.87. The largest absolute Gasteiger partial charge is 0.462 e. The fourth-order valence-electron chi connectivity index (χ4n) is 4.95. The van der Waals surface area contributed by atoms with Crippen molar-refractivity contribution in [2.24, 2.45) is 5.92 Å². The van der Waals surface area contributed by atoms with Crippen LogP contribution in [0.15, 0.2) is 72.9 Å². The van der Waals surface area contributed by atoms with Gasteiger partial charge in [0, 0.05) is 12.8 Å². The van der Waals surface area contributed by atoms with Crippen molar-refractivity contribution in [3.05, 3.63) is 72.9 Å². The number of ether oxygens (including phenoxy) is 2. The molecule has 0 bridgehead atoms. The van der Waals surface area contributed by atoms with Crippen LogP contribution in [0.25, 0.3) is 0 Å². The quantitative estimate of drug-likeness (QED) is 0.0280. The fraction of sp³-hybridized carbons (Fsp3) is 0.667. The monoisotopic (exact) mass is 687 g/mol. The molecule has 7 heteroatoms. The number of hydrogen-bond acceptors (Lipinski definition) is 7. The van der Waals surface area contributed by atoms with E-state index in [1.54, 1.807) is 24.3 Å². The maximum absolute atomic E-state index is 12.1. The summed E-state index contributed by atoms with van der Waals surface area (Å²) in [7, 11) is 0. The van der Waals surface area contributed by atoms with Gasteiger partial charge in [-0.25, -0.2) is 0 Å². The Bertz CT molecular complexity index is 960. The maximum Gasteiger partial charge on any atom is 0.306 e. The lowest BCUT2D eigenvalue weighted by molar-refractivity contribution is -0.161. The third kappa shape index (κ3) is 34.9. The minimum atomic E-state index is -0.861. The smallest absolute Gasteiger partial charge is 0.306 e. The molecule has 7 nitrogen and oxygen atoms in total. The molecule has 3 atom stereocenters. The van der Waals surface area contributed by atoms with Crippen molar-refractivity contribution >= 4 is 11.9 Å². The topological polar surface area (TPSA) is 113 Å². The molecule has 0 aliphatic rings. The number of unbranched alkanes of at least 4 members (excludes halogenated alkanes) is 11. The summed E-state index contributed by atoms with van der Waals surface area (Å²) >= 11 is 0. The Kier molecular flexibility index (Phi) is 33.1. The summed E-state index contributed by atoms with van der Waals surface area (Å²) in [5, 5.41) is 29.4. The lowest BCUT2D eigenvalue weighted by Gasteiger charge is -2.15. The zero-order valence-corrected chi connectivity index (χ0v) is 31.1. The van der Waals surface area contributed by atoms with Crippen LogP contribution >= 0.6 is 0 Å². The summed E-state index contributed by atoms with van der Waals surface area (Å²) in [6.45, 7) is 6.10. The molecule has 0 amide bonds. The van der Waals surface area contributed by atoms with Gasteiger partial charge >= 0.3 is 11.9 Å². The minimum absolute atomic E-state index is 0.139. The van der Waals surface area contributed by atoms with Crippen LogP contribution in [-0.2, 0) is 19.1 Å². The van der Waals surface area contributed by atoms with Gasteiger partial charge in [-0.05, 0) is 44.4 Å². The minimum Gasteiger partial charge on any atom is -0.462 e. The van der Waals surface area contributed by atoms with E-state index < -0.39 is 30.9 Å². The van der Waals surface area contributed by atoms with Crippen molar-refractivity contribution in [1.29, 1.82) is 0 Å². The number of allylic oxidation sites excluding steroid dienone is 8. The van der Waals surface area contributed by atoms with E-state index in [0.717, 1.165) is 38.0 Å². The van der Waals surface area contributed by atoms with E-state index in [1.165, 1.54) is 57.8 Å². The van der Waals surface area contributed by atoms with Crippen LogP contribution in [0.1, 0.15) is 143 Å². The zero-order valence-electron chi connectivity index (χ0n) is 31.1. The maximum atomic E-state index is 12.1. The van der Waals surface area contributed by atoms with E-state index in [1.807, 2.05) is 48.6 Å². The Morgan fingerprint density at radius 3 is 1.86 bits per heavy atom. The van der Waals surface area contributed by atoms with Gasteiger partial charge in [0.15, 0.2) is 6.10 Å². The first-order valence-electron chi connectivity index (χ1n) is 19.1. The summed E-state index contributed by atoms with van der Waals surface area (Å²) in [6.07, 6.45) is 38.9. The van der Waals surface area contributed by atoms with Gasteiger partial charge in [0.05, 0.1) is 18.8 Å². The molecule has 280 valence electrons. The molecular formula is C42H70O7. The van der Waals surface area contributed by atoms with Crippen LogP contribution in [0.4, 0.5) is 0 Å². The molecule has 0 unspecified atom stereocenters. The first kappa shape index (κ1) is 46.3. The number of rotatable bonds is 32. The molecule has 49 heavy (non-hydrogen) atoms. The Morgan fingerprint density at radius 1 is 0.653 bits per heavy atom. The van der Waals surface area contributed by atoms with Gasteiger partial charge in [0.1, 0.15) is 6.61 Å². The number of aliphatic hydroxyl groups excluding tert-OH is 3. The van der Waals surface area contributed by atoms with Crippen molar-refractivity contribution in [3.63, 3.8) is 0 Å². The highest BCUT2D eigenvalue weighted by Gasteiger charge is 2.16. The summed E-state index contributed by atoms with van der Waals surface area (Å²) in [6, 6.07) is 0.